The van der Waals surface area contributed by atoms with E-state index in [0.29, 0.717) is 11.8 Å². The standard InChI is InChI=1S/C3H3F2NS/c4-3(5)7-2-1-6/h3H,2H2. The third-order valence-corrected chi connectivity index (χ3v) is 0.822. The van der Waals surface area contributed by atoms with Gasteiger partial charge in [-0.15, -0.1) is 0 Å². The van der Waals surface area contributed by atoms with Crippen LogP contribution in [-0.2, 0) is 0 Å². The quantitative estimate of drug-likeness (QED) is 0.555. The molecule has 1 nitrogen and oxygen atoms in total. The Balaban J connectivity index is 2.86. The van der Waals surface area contributed by atoms with E-state index in [4.69, 9.17) is 5.26 Å². The van der Waals surface area contributed by atoms with Crippen LogP contribution < -0.4 is 0 Å². The lowest BCUT2D eigenvalue weighted by Gasteiger charge is -1.86. The molecule has 0 aliphatic carbocycles. The fraction of sp³-hybridized carbons (Fsp3) is 0.667. The van der Waals surface area contributed by atoms with Gasteiger partial charge in [-0.2, -0.15) is 14.0 Å². The Morgan fingerprint density at radius 3 is 2.43 bits per heavy atom. The topological polar surface area (TPSA) is 23.8 Å². The molecule has 0 aromatic carbocycles. The van der Waals surface area contributed by atoms with Crippen molar-refractivity contribution >= 4 is 11.8 Å². The van der Waals surface area contributed by atoms with Gasteiger partial charge in [-0.3, -0.25) is 0 Å². The van der Waals surface area contributed by atoms with Crippen LogP contribution in [0, 0.1) is 11.3 Å². The first-order valence-electron chi connectivity index (χ1n) is 1.54. The largest absolute Gasteiger partial charge is 0.285 e. The zero-order valence-electron chi connectivity index (χ0n) is 3.40. The molecule has 0 bridgehead atoms. The molecule has 0 atom stereocenters. The van der Waals surface area contributed by atoms with Crippen LogP contribution in [-0.4, -0.2) is 11.5 Å². The first kappa shape index (κ1) is 6.70. The summed E-state index contributed by atoms with van der Waals surface area (Å²) in [7, 11) is 0. The van der Waals surface area contributed by atoms with Crippen molar-refractivity contribution in [1.82, 2.24) is 0 Å². The Kier molecular flexibility index (Phi) is 3.71. The van der Waals surface area contributed by atoms with Gasteiger partial charge in [-0.1, -0.05) is 11.8 Å². The molecule has 40 valence electrons. The molecule has 0 aliphatic rings. The van der Waals surface area contributed by atoms with Crippen molar-refractivity contribution in [2.24, 2.45) is 0 Å². The summed E-state index contributed by atoms with van der Waals surface area (Å²) in [5, 5.41) is 7.71. The highest BCUT2D eigenvalue weighted by Gasteiger charge is 1.98. The minimum Gasteiger partial charge on any atom is -0.198 e. The number of hydrogen-bond acceptors (Lipinski definition) is 2. The predicted octanol–water partition coefficient (Wildman–Crippen LogP) is 1.47. The Morgan fingerprint density at radius 1 is 1.71 bits per heavy atom. The van der Waals surface area contributed by atoms with E-state index in [-0.39, 0.29) is 5.75 Å². The molecule has 4 heteroatoms. The summed E-state index contributed by atoms with van der Waals surface area (Å²) in [5.74, 6) is -2.53. The molecule has 0 N–H and O–H groups in total. The van der Waals surface area contributed by atoms with Crippen LogP contribution in [0.15, 0.2) is 0 Å². The van der Waals surface area contributed by atoms with Crippen LogP contribution in [0.4, 0.5) is 8.78 Å². The maximum absolute atomic E-state index is 11.0. The van der Waals surface area contributed by atoms with E-state index in [1.807, 2.05) is 0 Å². The van der Waals surface area contributed by atoms with Crippen LogP contribution >= 0.6 is 11.8 Å². The fourth-order valence-electron chi connectivity index (χ4n) is 0.100. The SMILES string of the molecule is N#CCSC(F)F. The monoisotopic (exact) mass is 123 g/mol. The molecule has 0 aliphatic heterocycles. The lowest BCUT2D eigenvalue weighted by atomic mass is 10.9. The minimum absolute atomic E-state index is 0.127. The van der Waals surface area contributed by atoms with Gasteiger partial charge in [-0.25, -0.2) is 0 Å². The molecule has 0 aromatic heterocycles. The summed E-state index contributed by atoms with van der Waals surface area (Å²) in [5.41, 5.74) is 0. The molecule has 0 saturated heterocycles. The molecule has 0 aromatic rings. The van der Waals surface area contributed by atoms with Crippen molar-refractivity contribution in [1.29, 1.82) is 5.26 Å². The molecule has 0 amide bonds. The summed E-state index contributed by atoms with van der Waals surface area (Å²) in [6.07, 6.45) is 0. The van der Waals surface area contributed by atoms with Gasteiger partial charge in [0.05, 0.1) is 11.8 Å². The van der Waals surface area contributed by atoms with E-state index in [9.17, 15) is 8.78 Å². The summed E-state index contributed by atoms with van der Waals surface area (Å²) in [6, 6.07) is 1.58. The van der Waals surface area contributed by atoms with Gasteiger partial charge >= 0.3 is 0 Å². The highest BCUT2D eigenvalue weighted by Crippen LogP contribution is 2.10. The smallest absolute Gasteiger partial charge is 0.198 e. The summed E-state index contributed by atoms with van der Waals surface area (Å²) in [4.78, 5) is 0. The number of halogens is 2. The highest BCUT2D eigenvalue weighted by molar-refractivity contribution is 7.99. The molecule has 7 heavy (non-hydrogen) atoms. The van der Waals surface area contributed by atoms with Crippen molar-refractivity contribution in [3.63, 3.8) is 0 Å². The van der Waals surface area contributed by atoms with E-state index >= 15 is 0 Å². The second-order valence-electron chi connectivity index (χ2n) is 0.730. The summed E-state index contributed by atoms with van der Waals surface area (Å²) >= 11 is 0.337. The van der Waals surface area contributed by atoms with Gasteiger partial charge in [0, 0.05) is 0 Å². The zero-order chi connectivity index (χ0) is 5.70. The number of rotatable bonds is 2. The first-order valence-corrected chi connectivity index (χ1v) is 2.59. The number of hydrogen-bond donors (Lipinski definition) is 0. The maximum Gasteiger partial charge on any atom is 0.285 e. The van der Waals surface area contributed by atoms with Crippen molar-refractivity contribution < 1.29 is 8.78 Å². The number of nitriles is 1. The molecule has 0 radical (unpaired) electrons. The van der Waals surface area contributed by atoms with E-state index in [1.165, 1.54) is 0 Å². The zero-order valence-corrected chi connectivity index (χ0v) is 4.21. The second kappa shape index (κ2) is 3.88. The van der Waals surface area contributed by atoms with Gasteiger partial charge in [0.2, 0.25) is 0 Å². The molecule has 0 heterocycles. The third kappa shape index (κ3) is 5.70. The average molecular weight is 123 g/mol. The van der Waals surface area contributed by atoms with E-state index in [2.05, 4.69) is 0 Å². The minimum atomic E-state index is -2.40. The van der Waals surface area contributed by atoms with Crippen molar-refractivity contribution in [2.45, 2.75) is 5.76 Å². The van der Waals surface area contributed by atoms with Crippen LogP contribution in [0.25, 0.3) is 0 Å². The molecule has 0 rings (SSSR count). The summed E-state index contributed by atoms with van der Waals surface area (Å²) in [6.45, 7) is 0. The lowest BCUT2D eigenvalue weighted by Crippen LogP contribution is -1.80. The molecule has 0 unspecified atom stereocenters. The van der Waals surface area contributed by atoms with Crippen LogP contribution in [0.1, 0.15) is 0 Å². The van der Waals surface area contributed by atoms with Gasteiger partial charge < -0.3 is 0 Å². The third-order valence-electron chi connectivity index (χ3n) is 0.274. The fourth-order valence-corrected chi connectivity index (χ4v) is 0.301. The van der Waals surface area contributed by atoms with Crippen molar-refractivity contribution in [3.05, 3.63) is 0 Å². The molecule has 0 saturated carbocycles. The Morgan fingerprint density at radius 2 is 2.29 bits per heavy atom. The average Bonchev–Trinajstić information content (AvgIpc) is 1.61. The molecule has 0 spiro atoms. The number of alkyl halides is 2. The Labute approximate surface area is 44.3 Å². The maximum atomic E-state index is 11.0. The second-order valence-corrected chi connectivity index (χ2v) is 1.71. The van der Waals surface area contributed by atoms with Gasteiger partial charge in [-0.05, 0) is 0 Å². The van der Waals surface area contributed by atoms with Crippen molar-refractivity contribution in [2.75, 3.05) is 5.75 Å². The van der Waals surface area contributed by atoms with Crippen LogP contribution in [0.3, 0.4) is 0 Å². The van der Waals surface area contributed by atoms with Crippen LogP contribution in [0.5, 0.6) is 0 Å². The van der Waals surface area contributed by atoms with Crippen LogP contribution in [0.2, 0.25) is 0 Å². The normalized spacial score (nSPS) is 8.86. The van der Waals surface area contributed by atoms with Gasteiger partial charge in [0.25, 0.3) is 5.76 Å². The number of nitrogens with zero attached hydrogens (tertiary/aromatic N) is 1. The van der Waals surface area contributed by atoms with Gasteiger partial charge in [0.15, 0.2) is 0 Å². The lowest BCUT2D eigenvalue weighted by molar-refractivity contribution is 0.252. The number of thioether (sulfide) groups is 1. The molecular weight excluding hydrogens is 120 g/mol. The van der Waals surface area contributed by atoms with E-state index < -0.39 is 5.76 Å². The Hall–Kier alpha value is -0.300. The molecule has 0 fully saturated rings. The van der Waals surface area contributed by atoms with Gasteiger partial charge in [0.1, 0.15) is 0 Å². The first-order chi connectivity index (χ1) is 3.27. The predicted molar refractivity (Wildman–Crippen MR) is 24.1 cm³/mol. The highest BCUT2D eigenvalue weighted by atomic mass is 32.2. The van der Waals surface area contributed by atoms with E-state index in [0.717, 1.165) is 0 Å². The Bertz CT molecular complexity index is 77.5. The molecular formula is C3H3F2NS. The van der Waals surface area contributed by atoms with Crippen molar-refractivity contribution in [3.8, 4) is 6.07 Å². The van der Waals surface area contributed by atoms with E-state index in [1.54, 1.807) is 6.07 Å². The summed E-state index contributed by atoms with van der Waals surface area (Å²) < 4.78 is 22.1.